The zero-order valence-electron chi connectivity index (χ0n) is 11.5. The van der Waals surface area contributed by atoms with E-state index in [1.54, 1.807) is 28.6 Å². The minimum absolute atomic E-state index is 0.0379. The standard InChI is InChI=1S/C14H17ClN2O2S/c1-10(11-3-5-12(15)6-4-11)16(2)13(18)7-17-9-20-8-14(17)19/h3-6,10H,7-9H2,1-2H3. The Bertz CT molecular complexity index is 506. The molecule has 1 aliphatic rings. The fourth-order valence-corrected chi connectivity index (χ4v) is 3.03. The normalized spacial score (nSPS) is 16.4. The van der Waals surface area contributed by atoms with Crippen molar-refractivity contribution in [3.8, 4) is 0 Å². The van der Waals surface area contributed by atoms with Gasteiger partial charge in [0.05, 0.1) is 17.7 Å². The van der Waals surface area contributed by atoms with E-state index < -0.39 is 0 Å². The molecule has 0 aliphatic carbocycles. The van der Waals surface area contributed by atoms with Crippen LogP contribution in [0.25, 0.3) is 0 Å². The lowest BCUT2D eigenvalue weighted by atomic mass is 10.1. The molecule has 4 nitrogen and oxygen atoms in total. The first-order valence-corrected chi connectivity index (χ1v) is 7.89. The van der Waals surface area contributed by atoms with Crippen molar-refractivity contribution in [1.82, 2.24) is 9.80 Å². The van der Waals surface area contributed by atoms with E-state index in [0.717, 1.165) is 5.56 Å². The van der Waals surface area contributed by atoms with Gasteiger partial charge in [-0.3, -0.25) is 9.59 Å². The maximum atomic E-state index is 12.2. The molecule has 0 N–H and O–H groups in total. The third-order valence-electron chi connectivity index (χ3n) is 3.48. The molecule has 6 heteroatoms. The Morgan fingerprint density at radius 3 is 2.65 bits per heavy atom. The number of nitrogens with zero attached hydrogens (tertiary/aromatic N) is 2. The van der Waals surface area contributed by atoms with E-state index in [4.69, 9.17) is 11.6 Å². The van der Waals surface area contributed by atoms with E-state index in [-0.39, 0.29) is 24.4 Å². The summed E-state index contributed by atoms with van der Waals surface area (Å²) in [6, 6.07) is 7.39. The van der Waals surface area contributed by atoms with E-state index in [2.05, 4.69) is 0 Å². The zero-order chi connectivity index (χ0) is 14.7. The van der Waals surface area contributed by atoms with Crippen molar-refractivity contribution in [2.24, 2.45) is 0 Å². The second kappa shape index (κ2) is 6.50. The van der Waals surface area contributed by atoms with Gasteiger partial charge < -0.3 is 9.80 Å². The van der Waals surface area contributed by atoms with Crippen LogP contribution in [0.15, 0.2) is 24.3 Å². The second-order valence-electron chi connectivity index (χ2n) is 4.80. The van der Waals surface area contributed by atoms with Crippen LogP contribution in [0, 0.1) is 0 Å². The Morgan fingerprint density at radius 2 is 2.10 bits per heavy atom. The lowest BCUT2D eigenvalue weighted by Gasteiger charge is -2.27. The molecular weight excluding hydrogens is 296 g/mol. The highest BCUT2D eigenvalue weighted by atomic mass is 35.5. The van der Waals surface area contributed by atoms with Crippen molar-refractivity contribution in [1.29, 1.82) is 0 Å². The molecule has 0 aromatic heterocycles. The number of likely N-dealkylation sites (N-methyl/N-ethyl adjacent to an activating group) is 1. The summed E-state index contributed by atoms with van der Waals surface area (Å²) >= 11 is 7.40. The molecule has 0 radical (unpaired) electrons. The Hall–Kier alpha value is -1.20. The van der Waals surface area contributed by atoms with E-state index in [9.17, 15) is 9.59 Å². The zero-order valence-corrected chi connectivity index (χ0v) is 13.1. The highest BCUT2D eigenvalue weighted by Crippen LogP contribution is 2.22. The van der Waals surface area contributed by atoms with Crippen molar-refractivity contribution in [2.75, 3.05) is 25.2 Å². The molecular formula is C14H17ClN2O2S. The molecule has 1 aromatic carbocycles. The molecule has 20 heavy (non-hydrogen) atoms. The molecule has 1 atom stereocenters. The average Bonchev–Trinajstić information content (AvgIpc) is 2.83. The van der Waals surface area contributed by atoms with Crippen LogP contribution in [-0.4, -0.2) is 46.8 Å². The summed E-state index contributed by atoms with van der Waals surface area (Å²) in [4.78, 5) is 27.0. The topological polar surface area (TPSA) is 40.6 Å². The van der Waals surface area contributed by atoms with Crippen LogP contribution in [0.3, 0.4) is 0 Å². The molecule has 108 valence electrons. The first kappa shape index (κ1) is 15.2. The predicted octanol–water partition coefficient (Wildman–Crippen LogP) is 2.39. The van der Waals surface area contributed by atoms with Gasteiger partial charge in [-0.25, -0.2) is 0 Å². The summed E-state index contributed by atoms with van der Waals surface area (Å²) in [5, 5.41) is 0.676. The van der Waals surface area contributed by atoms with E-state index in [1.807, 2.05) is 31.2 Å². The minimum atomic E-state index is -0.0525. The number of hydrogen-bond donors (Lipinski definition) is 0. The van der Waals surface area contributed by atoms with Gasteiger partial charge in [0.2, 0.25) is 11.8 Å². The molecule has 1 aromatic rings. The van der Waals surface area contributed by atoms with Crippen LogP contribution >= 0.6 is 23.4 Å². The minimum Gasteiger partial charge on any atom is -0.337 e. The maximum absolute atomic E-state index is 12.2. The Labute approximate surface area is 128 Å². The predicted molar refractivity (Wildman–Crippen MR) is 81.7 cm³/mol. The molecule has 2 amide bonds. The number of halogens is 1. The van der Waals surface area contributed by atoms with Gasteiger partial charge in [-0.15, -0.1) is 11.8 Å². The summed E-state index contributed by atoms with van der Waals surface area (Å²) in [6.07, 6.45) is 0. The van der Waals surface area contributed by atoms with Gasteiger partial charge in [0.1, 0.15) is 6.54 Å². The van der Waals surface area contributed by atoms with Crippen LogP contribution in [0.2, 0.25) is 5.02 Å². The van der Waals surface area contributed by atoms with E-state index >= 15 is 0 Å². The quantitative estimate of drug-likeness (QED) is 0.857. The second-order valence-corrected chi connectivity index (χ2v) is 6.19. The van der Waals surface area contributed by atoms with Gasteiger partial charge in [-0.05, 0) is 24.6 Å². The number of thioether (sulfide) groups is 1. The Balaban J connectivity index is 1.98. The van der Waals surface area contributed by atoms with Crippen LogP contribution in [-0.2, 0) is 9.59 Å². The van der Waals surface area contributed by atoms with Gasteiger partial charge >= 0.3 is 0 Å². The molecule has 1 fully saturated rings. The summed E-state index contributed by atoms with van der Waals surface area (Å²) in [5.41, 5.74) is 1.02. The molecule has 2 rings (SSSR count). The first-order valence-electron chi connectivity index (χ1n) is 6.35. The highest BCUT2D eigenvalue weighted by molar-refractivity contribution is 8.00. The lowest BCUT2D eigenvalue weighted by molar-refractivity contribution is -0.138. The molecule has 1 heterocycles. The number of hydrogen-bond acceptors (Lipinski definition) is 3. The first-order chi connectivity index (χ1) is 9.49. The smallest absolute Gasteiger partial charge is 0.242 e. The number of carbonyl (C=O) groups is 2. The molecule has 0 saturated carbocycles. The van der Waals surface area contributed by atoms with Crippen molar-refractivity contribution in [3.05, 3.63) is 34.9 Å². The monoisotopic (exact) mass is 312 g/mol. The van der Waals surface area contributed by atoms with Crippen LogP contribution < -0.4 is 0 Å². The Kier molecular flexibility index (Phi) is 4.94. The Morgan fingerprint density at radius 1 is 1.45 bits per heavy atom. The third kappa shape index (κ3) is 3.46. The van der Waals surface area contributed by atoms with Crippen LogP contribution in [0.5, 0.6) is 0 Å². The van der Waals surface area contributed by atoms with Gasteiger partial charge in [-0.1, -0.05) is 23.7 Å². The summed E-state index contributed by atoms with van der Waals surface area (Å²) in [5.74, 6) is 1.07. The van der Waals surface area contributed by atoms with Crippen LogP contribution in [0.1, 0.15) is 18.5 Å². The number of carbonyl (C=O) groups excluding carboxylic acids is 2. The molecule has 1 saturated heterocycles. The maximum Gasteiger partial charge on any atom is 0.242 e. The molecule has 1 aliphatic heterocycles. The summed E-state index contributed by atoms with van der Waals surface area (Å²) in [7, 11) is 1.76. The van der Waals surface area contributed by atoms with Crippen LogP contribution in [0.4, 0.5) is 0 Å². The number of amides is 2. The molecule has 0 bridgehead atoms. The fraction of sp³-hybridized carbons (Fsp3) is 0.429. The van der Waals surface area contributed by atoms with E-state index in [0.29, 0.717) is 16.7 Å². The van der Waals surface area contributed by atoms with Crippen molar-refractivity contribution >= 4 is 35.2 Å². The van der Waals surface area contributed by atoms with Crippen molar-refractivity contribution in [2.45, 2.75) is 13.0 Å². The van der Waals surface area contributed by atoms with E-state index in [1.165, 1.54) is 0 Å². The van der Waals surface area contributed by atoms with Gasteiger partial charge in [-0.2, -0.15) is 0 Å². The van der Waals surface area contributed by atoms with Gasteiger partial charge in [0, 0.05) is 12.1 Å². The average molecular weight is 313 g/mol. The number of benzene rings is 1. The SMILES string of the molecule is CC(c1ccc(Cl)cc1)N(C)C(=O)CN1CSCC1=O. The highest BCUT2D eigenvalue weighted by Gasteiger charge is 2.26. The third-order valence-corrected chi connectivity index (χ3v) is 4.68. The van der Waals surface area contributed by atoms with Gasteiger partial charge in [0.25, 0.3) is 0 Å². The lowest BCUT2D eigenvalue weighted by Crippen LogP contribution is -2.40. The largest absolute Gasteiger partial charge is 0.337 e. The fourth-order valence-electron chi connectivity index (χ4n) is 2.00. The summed E-state index contributed by atoms with van der Waals surface area (Å²) in [6.45, 7) is 2.11. The van der Waals surface area contributed by atoms with Crippen molar-refractivity contribution < 1.29 is 9.59 Å². The van der Waals surface area contributed by atoms with Gasteiger partial charge in [0.15, 0.2) is 0 Å². The molecule has 0 spiro atoms. The molecule has 1 unspecified atom stereocenters. The summed E-state index contributed by atoms with van der Waals surface area (Å²) < 4.78 is 0. The van der Waals surface area contributed by atoms with Crippen molar-refractivity contribution in [3.63, 3.8) is 0 Å². The number of rotatable bonds is 4.